The zero-order valence-electron chi connectivity index (χ0n) is 15.2. The second-order valence-electron chi connectivity index (χ2n) is 6.74. The van der Waals surface area contributed by atoms with Crippen molar-refractivity contribution in [3.8, 4) is 5.75 Å². The molecule has 1 aromatic carbocycles. The Labute approximate surface area is 167 Å². The van der Waals surface area contributed by atoms with Gasteiger partial charge in [0.1, 0.15) is 17.4 Å². The Kier molecular flexibility index (Phi) is 6.46. The molecule has 1 fully saturated rings. The lowest BCUT2D eigenvalue weighted by Crippen LogP contribution is -2.39. The minimum absolute atomic E-state index is 0. The minimum Gasteiger partial charge on any atom is -0.434 e. The SMILES string of the molecule is Cl.O=C(c1ccccc1OC(F)F)N1CCC(c2nnc3n2CCNC3)CC1. The Bertz CT molecular complexity index is 824. The third-order valence-electron chi connectivity index (χ3n) is 5.13. The van der Waals surface area contributed by atoms with Gasteiger partial charge in [-0.1, -0.05) is 12.1 Å². The Morgan fingerprint density at radius 3 is 2.68 bits per heavy atom. The van der Waals surface area contributed by atoms with Crippen LogP contribution in [0.4, 0.5) is 8.78 Å². The van der Waals surface area contributed by atoms with Crippen molar-refractivity contribution < 1.29 is 18.3 Å². The molecular formula is C18H22ClF2N5O2. The molecule has 1 amide bonds. The largest absolute Gasteiger partial charge is 0.434 e. The number of carbonyl (C=O) groups is 1. The molecule has 10 heteroatoms. The number of ether oxygens (including phenoxy) is 1. The Balaban J connectivity index is 0.00000225. The first-order valence-corrected chi connectivity index (χ1v) is 9.09. The molecule has 1 saturated heterocycles. The summed E-state index contributed by atoms with van der Waals surface area (Å²) in [6, 6.07) is 6.13. The van der Waals surface area contributed by atoms with Crippen molar-refractivity contribution in [2.24, 2.45) is 0 Å². The van der Waals surface area contributed by atoms with Crippen LogP contribution in [0.2, 0.25) is 0 Å². The van der Waals surface area contributed by atoms with Gasteiger partial charge in [-0.3, -0.25) is 4.79 Å². The van der Waals surface area contributed by atoms with Gasteiger partial charge in [-0.2, -0.15) is 8.78 Å². The molecule has 0 saturated carbocycles. The first kappa shape index (κ1) is 20.5. The zero-order valence-corrected chi connectivity index (χ0v) is 16.0. The molecule has 2 aliphatic heterocycles. The van der Waals surface area contributed by atoms with Gasteiger partial charge in [0.2, 0.25) is 0 Å². The van der Waals surface area contributed by atoms with E-state index in [0.717, 1.165) is 44.1 Å². The van der Waals surface area contributed by atoms with Gasteiger partial charge in [-0.25, -0.2) is 0 Å². The van der Waals surface area contributed by atoms with Crippen LogP contribution in [-0.4, -0.2) is 51.8 Å². The summed E-state index contributed by atoms with van der Waals surface area (Å²) in [5.41, 5.74) is 0.169. The molecule has 0 atom stereocenters. The summed E-state index contributed by atoms with van der Waals surface area (Å²) in [6.45, 7) is 0.620. The fraction of sp³-hybridized carbons (Fsp3) is 0.500. The molecule has 0 radical (unpaired) electrons. The first-order valence-electron chi connectivity index (χ1n) is 9.09. The Hall–Kier alpha value is -2.26. The van der Waals surface area contributed by atoms with E-state index in [0.29, 0.717) is 13.1 Å². The van der Waals surface area contributed by atoms with Gasteiger partial charge in [0.05, 0.1) is 12.1 Å². The molecule has 7 nitrogen and oxygen atoms in total. The molecule has 0 aliphatic carbocycles. The van der Waals surface area contributed by atoms with E-state index in [1.54, 1.807) is 17.0 Å². The number of aromatic nitrogens is 3. The lowest BCUT2D eigenvalue weighted by Gasteiger charge is -2.32. The van der Waals surface area contributed by atoms with Crippen LogP contribution in [0.5, 0.6) is 5.75 Å². The number of alkyl halides is 2. The lowest BCUT2D eigenvalue weighted by molar-refractivity contribution is -0.0503. The van der Waals surface area contributed by atoms with Gasteiger partial charge in [0.15, 0.2) is 0 Å². The highest BCUT2D eigenvalue weighted by Crippen LogP contribution is 2.30. The maximum absolute atomic E-state index is 12.8. The third-order valence-corrected chi connectivity index (χ3v) is 5.13. The van der Waals surface area contributed by atoms with Gasteiger partial charge >= 0.3 is 6.61 Å². The van der Waals surface area contributed by atoms with E-state index >= 15 is 0 Å². The number of hydrogen-bond donors (Lipinski definition) is 1. The van der Waals surface area contributed by atoms with Crippen LogP contribution in [-0.2, 0) is 13.1 Å². The van der Waals surface area contributed by atoms with Gasteiger partial charge in [0, 0.05) is 32.1 Å². The monoisotopic (exact) mass is 413 g/mol. The van der Waals surface area contributed by atoms with E-state index in [9.17, 15) is 13.6 Å². The topological polar surface area (TPSA) is 72.3 Å². The number of rotatable bonds is 4. The van der Waals surface area contributed by atoms with Gasteiger partial charge < -0.3 is 19.5 Å². The molecule has 2 aromatic rings. The molecule has 0 spiro atoms. The number of nitrogens with zero attached hydrogens (tertiary/aromatic N) is 4. The smallest absolute Gasteiger partial charge is 0.387 e. The van der Waals surface area contributed by atoms with Crippen molar-refractivity contribution >= 4 is 18.3 Å². The van der Waals surface area contributed by atoms with E-state index in [4.69, 9.17) is 0 Å². The van der Waals surface area contributed by atoms with Crippen molar-refractivity contribution in [3.05, 3.63) is 41.5 Å². The van der Waals surface area contributed by atoms with Crippen molar-refractivity contribution in [1.82, 2.24) is 25.0 Å². The van der Waals surface area contributed by atoms with Crippen LogP contribution in [0.25, 0.3) is 0 Å². The number of likely N-dealkylation sites (tertiary alicyclic amines) is 1. The van der Waals surface area contributed by atoms with E-state index in [2.05, 4.69) is 24.8 Å². The van der Waals surface area contributed by atoms with Crippen LogP contribution in [0.3, 0.4) is 0 Å². The predicted octanol–water partition coefficient (Wildman–Crippen LogP) is 2.42. The summed E-state index contributed by atoms with van der Waals surface area (Å²) in [5, 5.41) is 11.9. The van der Waals surface area contributed by atoms with E-state index in [1.807, 2.05) is 0 Å². The quantitative estimate of drug-likeness (QED) is 0.833. The molecule has 0 unspecified atom stereocenters. The third kappa shape index (κ3) is 4.10. The average Bonchev–Trinajstić information content (AvgIpc) is 3.12. The fourth-order valence-electron chi connectivity index (χ4n) is 3.77. The number of nitrogens with one attached hydrogen (secondary N) is 1. The van der Waals surface area contributed by atoms with Crippen molar-refractivity contribution in [2.75, 3.05) is 19.6 Å². The van der Waals surface area contributed by atoms with E-state index in [1.165, 1.54) is 12.1 Å². The molecule has 1 aromatic heterocycles. The molecule has 3 heterocycles. The average molecular weight is 414 g/mol. The summed E-state index contributed by atoms with van der Waals surface area (Å²) in [7, 11) is 0. The predicted molar refractivity (Wildman–Crippen MR) is 99.9 cm³/mol. The number of amides is 1. The molecule has 0 bridgehead atoms. The maximum atomic E-state index is 12.8. The van der Waals surface area contributed by atoms with Crippen LogP contribution < -0.4 is 10.1 Å². The van der Waals surface area contributed by atoms with Crippen LogP contribution in [0.15, 0.2) is 24.3 Å². The highest BCUT2D eigenvalue weighted by Gasteiger charge is 2.30. The number of hydrogen-bond acceptors (Lipinski definition) is 5. The highest BCUT2D eigenvalue weighted by atomic mass is 35.5. The Morgan fingerprint density at radius 2 is 1.93 bits per heavy atom. The summed E-state index contributed by atoms with van der Waals surface area (Å²) in [5.74, 6) is 1.82. The maximum Gasteiger partial charge on any atom is 0.387 e. The first-order chi connectivity index (χ1) is 13.1. The van der Waals surface area contributed by atoms with Crippen LogP contribution in [0, 0.1) is 0 Å². The Morgan fingerprint density at radius 1 is 1.18 bits per heavy atom. The van der Waals surface area contributed by atoms with Crippen molar-refractivity contribution in [2.45, 2.75) is 38.5 Å². The van der Waals surface area contributed by atoms with Gasteiger partial charge in [-0.05, 0) is 25.0 Å². The number of halogens is 3. The lowest BCUT2D eigenvalue weighted by atomic mass is 9.95. The fourth-order valence-corrected chi connectivity index (χ4v) is 3.77. The summed E-state index contributed by atoms with van der Waals surface area (Å²) < 4.78 is 31.8. The number of benzene rings is 1. The molecule has 152 valence electrons. The molecule has 2 aliphatic rings. The highest BCUT2D eigenvalue weighted by molar-refractivity contribution is 5.97. The van der Waals surface area contributed by atoms with Gasteiger partial charge in [-0.15, -0.1) is 22.6 Å². The molecule has 1 N–H and O–H groups in total. The van der Waals surface area contributed by atoms with Crippen molar-refractivity contribution in [3.63, 3.8) is 0 Å². The van der Waals surface area contributed by atoms with Gasteiger partial charge in [0.25, 0.3) is 5.91 Å². The zero-order chi connectivity index (χ0) is 18.8. The second kappa shape index (κ2) is 8.83. The molecular weight excluding hydrogens is 392 g/mol. The molecule has 4 rings (SSSR count). The van der Waals surface area contributed by atoms with Crippen LogP contribution in [0.1, 0.15) is 40.8 Å². The number of para-hydroxylation sites is 1. The normalized spacial score (nSPS) is 17.2. The van der Waals surface area contributed by atoms with Crippen molar-refractivity contribution in [1.29, 1.82) is 0 Å². The van der Waals surface area contributed by atoms with E-state index in [-0.39, 0.29) is 35.5 Å². The number of carbonyl (C=O) groups excluding carboxylic acids is 1. The summed E-state index contributed by atoms with van der Waals surface area (Å²) >= 11 is 0. The number of fused-ring (bicyclic) bond motifs is 1. The summed E-state index contributed by atoms with van der Waals surface area (Å²) in [6.07, 6.45) is 1.55. The van der Waals surface area contributed by atoms with Crippen LogP contribution >= 0.6 is 12.4 Å². The second-order valence-corrected chi connectivity index (χ2v) is 6.74. The number of piperidine rings is 1. The minimum atomic E-state index is -2.96. The standard InChI is InChI=1S/C18H21F2N5O2.ClH/c19-18(20)27-14-4-2-1-3-13(14)17(26)24-8-5-12(6-9-24)16-23-22-15-11-21-7-10-25(15)16;/h1-4,12,18,21H,5-11H2;1H. The van der Waals surface area contributed by atoms with E-state index < -0.39 is 6.61 Å². The molecule has 28 heavy (non-hydrogen) atoms. The summed E-state index contributed by atoms with van der Waals surface area (Å²) in [4.78, 5) is 14.5.